The summed E-state index contributed by atoms with van der Waals surface area (Å²) in [5, 5.41) is 6.57. The van der Waals surface area contributed by atoms with E-state index < -0.39 is 10.0 Å². The maximum absolute atomic E-state index is 12.3. The summed E-state index contributed by atoms with van der Waals surface area (Å²) in [6.07, 6.45) is 2.81. The van der Waals surface area contributed by atoms with Gasteiger partial charge in [-0.1, -0.05) is 16.5 Å². The predicted octanol–water partition coefficient (Wildman–Crippen LogP) is 0.857. The highest BCUT2D eigenvalue weighted by molar-refractivity contribution is 7.91. The van der Waals surface area contributed by atoms with Crippen LogP contribution >= 0.6 is 11.3 Å². The Labute approximate surface area is 148 Å². The number of thiazole rings is 1. The van der Waals surface area contributed by atoms with Crippen molar-refractivity contribution in [2.24, 2.45) is 0 Å². The van der Waals surface area contributed by atoms with E-state index in [4.69, 9.17) is 9.26 Å². The lowest BCUT2D eigenvalue weighted by Crippen LogP contribution is -2.22. The van der Waals surface area contributed by atoms with Crippen LogP contribution in [0.5, 0.6) is 0 Å². The number of hydrogen-bond acceptors (Lipinski definition) is 9. The van der Waals surface area contributed by atoms with E-state index in [1.54, 1.807) is 0 Å². The normalized spacial score (nSPS) is 16.0. The van der Waals surface area contributed by atoms with Gasteiger partial charge in [-0.2, -0.15) is 4.98 Å². The number of nitrogens with one attached hydrogen (secondary N) is 2. The second kappa shape index (κ2) is 7.56. The van der Waals surface area contributed by atoms with Gasteiger partial charge in [0.15, 0.2) is 15.2 Å². The first-order chi connectivity index (χ1) is 11.9. The molecule has 1 amide bonds. The highest BCUT2D eigenvalue weighted by Gasteiger charge is 2.23. The van der Waals surface area contributed by atoms with Crippen molar-refractivity contribution in [2.75, 3.05) is 18.5 Å². The second-order valence-corrected chi connectivity index (χ2v) is 8.45. The summed E-state index contributed by atoms with van der Waals surface area (Å²) in [7, 11) is -3.78. The molecule has 0 radical (unpaired) electrons. The molecule has 0 atom stereocenters. The van der Waals surface area contributed by atoms with Crippen LogP contribution in [-0.4, -0.2) is 42.7 Å². The van der Waals surface area contributed by atoms with Crippen LogP contribution in [0.2, 0.25) is 0 Å². The van der Waals surface area contributed by atoms with Crippen LogP contribution in [0, 0.1) is 0 Å². The van der Waals surface area contributed by atoms with Crippen molar-refractivity contribution in [1.29, 1.82) is 0 Å². The van der Waals surface area contributed by atoms with Crippen molar-refractivity contribution in [3.8, 4) is 0 Å². The van der Waals surface area contributed by atoms with Crippen LogP contribution in [-0.2, 0) is 26.1 Å². The van der Waals surface area contributed by atoms with Gasteiger partial charge in [-0.05, 0) is 12.8 Å². The summed E-state index contributed by atoms with van der Waals surface area (Å²) in [5.41, 5.74) is 0. The summed E-state index contributed by atoms with van der Waals surface area (Å²) >= 11 is 0.857. The Kier molecular flexibility index (Phi) is 5.42. The molecule has 0 aliphatic carbocycles. The molecule has 3 rings (SSSR count). The Morgan fingerprint density at radius 3 is 2.88 bits per heavy atom. The van der Waals surface area contributed by atoms with E-state index in [2.05, 4.69) is 25.2 Å². The number of anilines is 1. The minimum Gasteiger partial charge on any atom is -0.381 e. The molecule has 0 aromatic carbocycles. The van der Waals surface area contributed by atoms with Crippen LogP contribution in [0.3, 0.4) is 0 Å². The molecular formula is C13H17N5O5S2. The summed E-state index contributed by atoms with van der Waals surface area (Å²) in [4.78, 5) is 19.1. The van der Waals surface area contributed by atoms with E-state index >= 15 is 0 Å². The van der Waals surface area contributed by atoms with E-state index in [1.165, 1.54) is 13.1 Å². The zero-order valence-corrected chi connectivity index (χ0v) is 15.0. The predicted molar refractivity (Wildman–Crippen MR) is 87.5 cm³/mol. The summed E-state index contributed by atoms with van der Waals surface area (Å²) in [6.45, 7) is 2.51. The number of carbonyl (C=O) groups is 1. The highest BCUT2D eigenvalue weighted by Crippen LogP contribution is 2.25. The number of sulfonamides is 1. The zero-order chi connectivity index (χ0) is 17.9. The minimum atomic E-state index is -3.78. The number of rotatable bonds is 6. The fraction of sp³-hybridized carbons (Fsp3) is 0.538. The molecule has 0 spiro atoms. The number of carbonyl (C=O) groups excluding carboxylic acids is 1. The van der Waals surface area contributed by atoms with Crippen molar-refractivity contribution in [2.45, 2.75) is 36.4 Å². The third-order valence-corrected chi connectivity index (χ3v) is 6.29. The Morgan fingerprint density at radius 1 is 1.40 bits per heavy atom. The second-order valence-electron chi connectivity index (χ2n) is 5.42. The van der Waals surface area contributed by atoms with E-state index in [9.17, 15) is 13.2 Å². The molecule has 2 aromatic rings. The Bertz CT molecular complexity index is 841. The first-order valence-corrected chi connectivity index (χ1v) is 9.87. The molecule has 1 aliphatic rings. The molecular weight excluding hydrogens is 370 g/mol. The van der Waals surface area contributed by atoms with Crippen LogP contribution < -0.4 is 10.0 Å². The Hall–Kier alpha value is -1.89. The van der Waals surface area contributed by atoms with Gasteiger partial charge in [0.05, 0.1) is 12.7 Å². The van der Waals surface area contributed by atoms with Crippen molar-refractivity contribution in [3.05, 3.63) is 17.9 Å². The third-order valence-electron chi connectivity index (χ3n) is 3.52. The molecule has 1 aliphatic heterocycles. The van der Waals surface area contributed by atoms with Crippen molar-refractivity contribution in [1.82, 2.24) is 19.8 Å². The summed E-state index contributed by atoms with van der Waals surface area (Å²) in [6, 6.07) is 0. The fourth-order valence-corrected chi connectivity index (χ4v) is 4.38. The molecule has 1 fully saturated rings. The molecule has 0 bridgehead atoms. The van der Waals surface area contributed by atoms with Gasteiger partial charge in [-0.15, -0.1) is 0 Å². The van der Waals surface area contributed by atoms with Gasteiger partial charge in [0.1, 0.15) is 0 Å². The number of aromatic nitrogens is 3. The molecule has 2 N–H and O–H groups in total. The van der Waals surface area contributed by atoms with Gasteiger partial charge in [0, 0.05) is 26.1 Å². The van der Waals surface area contributed by atoms with Crippen molar-refractivity contribution < 1.29 is 22.5 Å². The maximum atomic E-state index is 12.3. The molecule has 12 heteroatoms. The number of nitrogens with zero attached hydrogens (tertiary/aromatic N) is 3. The molecule has 2 aromatic heterocycles. The van der Waals surface area contributed by atoms with Gasteiger partial charge in [-0.3, -0.25) is 4.79 Å². The topological polar surface area (TPSA) is 136 Å². The lowest BCUT2D eigenvalue weighted by Gasteiger charge is -2.18. The largest absolute Gasteiger partial charge is 0.381 e. The van der Waals surface area contributed by atoms with Crippen LogP contribution in [0.1, 0.15) is 37.4 Å². The first kappa shape index (κ1) is 17.9. The Morgan fingerprint density at radius 2 is 2.16 bits per heavy atom. The fourth-order valence-electron chi connectivity index (χ4n) is 2.28. The summed E-state index contributed by atoms with van der Waals surface area (Å²) in [5.74, 6) is 0.613. The minimum absolute atomic E-state index is 0.0135. The molecule has 0 saturated carbocycles. The van der Waals surface area contributed by atoms with Crippen LogP contribution in [0.15, 0.2) is 14.9 Å². The zero-order valence-electron chi connectivity index (χ0n) is 13.4. The first-order valence-electron chi connectivity index (χ1n) is 7.57. The molecule has 3 heterocycles. The summed E-state index contributed by atoms with van der Waals surface area (Å²) < 4.78 is 37.3. The third kappa shape index (κ3) is 4.60. The number of hydrogen-bond donors (Lipinski definition) is 2. The highest BCUT2D eigenvalue weighted by atomic mass is 32.2. The number of amides is 1. The molecule has 136 valence electrons. The van der Waals surface area contributed by atoms with Gasteiger partial charge < -0.3 is 14.6 Å². The molecule has 25 heavy (non-hydrogen) atoms. The average molecular weight is 387 g/mol. The monoisotopic (exact) mass is 387 g/mol. The lowest BCUT2D eigenvalue weighted by molar-refractivity contribution is -0.114. The van der Waals surface area contributed by atoms with Gasteiger partial charge in [0.25, 0.3) is 10.0 Å². The van der Waals surface area contributed by atoms with Crippen molar-refractivity contribution in [3.63, 3.8) is 0 Å². The van der Waals surface area contributed by atoms with E-state index in [-0.39, 0.29) is 33.6 Å². The van der Waals surface area contributed by atoms with Gasteiger partial charge in [0.2, 0.25) is 11.8 Å². The average Bonchev–Trinajstić information content (AvgIpc) is 3.23. The Balaban J connectivity index is 1.61. The number of ether oxygens (including phenoxy) is 1. The van der Waals surface area contributed by atoms with Crippen LogP contribution in [0.4, 0.5) is 5.13 Å². The lowest BCUT2D eigenvalue weighted by atomic mass is 10.00. The quantitative estimate of drug-likeness (QED) is 0.744. The van der Waals surface area contributed by atoms with Crippen LogP contribution in [0.25, 0.3) is 0 Å². The molecule has 10 nitrogen and oxygen atoms in total. The molecule has 0 unspecified atom stereocenters. The van der Waals surface area contributed by atoms with Gasteiger partial charge >= 0.3 is 0 Å². The van der Waals surface area contributed by atoms with E-state index in [0.717, 1.165) is 24.2 Å². The molecule has 1 saturated heterocycles. The standard InChI is InChI=1S/C13H17N5O5S2/c1-8(19)16-13-14-7-11(24-13)25(20,21)15-6-10-17-12(18-23-10)9-2-4-22-5-3-9/h7,9,15H,2-6H2,1H3,(H,14,16,19). The SMILES string of the molecule is CC(=O)Nc1ncc(S(=O)(=O)NCc2nc(C3CCOCC3)no2)s1. The van der Waals surface area contributed by atoms with E-state index in [1.807, 2.05) is 0 Å². The van der Waals surface area contributed by atoms with Gasteiger partial charge in [-0.25, -0.2) is 18.1 Å². The smallest absolute Gasteiger partial charge is 0.252 e. The van der Waals surface area contributed by atoms with E-state index in [0.29, 0.717) is 19.0 Å². The maximum Gasteiger partial charge on any atom is 0.252 e. The van der Waals surface area contributed by atoms with Crippen molar-refractivity contribution >= 4 is 32.4 Å².